The van der Waals surface area contributed by atoms with E-state index in [1.54, 1.807) is 0 Å². The van der Waals surface area contributed by atoms with Crippen molar-refractivity contribution >= 4 is 6.09 Å². The van der Waals surface area contributed by atoms with Gasteiger partial charge in [-0.1, -0.05) is 0 Å². The molecule has 0 atom stereocenters. The van der Waals surface area contributed by atoms with Gasteiger partial charge in [0.05, 0.1) is 0 Å². The number of alkyl carbamates (subject to hydrolysis) is 1. The number of nitrogens with one attached hydrogen (secondary N) is 1. The lowest BCUT2D eigenvalue weighted by Gasteiger charge is -2.14. The number of hydrogen-bond acceptors (Lipinski definition) is 3. The molecule has 1 aliphatic carbocycles. The molecular formula is C9H14F3NO3. The second-order valence-electron chi connectivity index (χ2n) is 4.02. The molecule has 0 unspecified atom stereocenters. The lowest BCUT2D eigenvalue weighted by molar-refractivity contribution is -0.160. The molecule has 0 heterocycles. The highest BCUT2D eigenvalue weighted by Gasteiger charge is 2.42. The van der Waals surface area contributed by atoms with Crippen LogP contribution < -0.4 is 5.32 Å². The van der Waals surface area contributed by atoms with Gasteiger partial charge in [0.25, 0.3) is 0 Å². The van der Waals surface area contributed by atoms with E-state index in [9.17, 15) is 18.0 Å². The molecular weight excluding hydrogens is 227 g/mol. The van der Waals surface area contributed by atoms with Crippen LogP contribution >= 0.6 is 0 Å². The van der Waals surface area contributed by atoms with E-state index in [4.69, 9.17) is 5.11 Å². The van der Waals surface area contributed by atoms with Gasteiger partial charge in [0.15, 0.2) is 6.61 Å². The van der Waals surface area contributed by atoms with Crippen molar-refractivity contribution in [1.82, 2.24) is 5.32 Å². The number of rotatable bonds is 5. The van der Waals surface area contributed by atoms with Crippen LogP contribution in [0, 0.1) is 5.41 Å². The highest BCUT2D eigenvalue weighted by molar-refractivity contribution is 5.67. The van der Waals surface area contributed by atoms with E-state index in [0.29, 0.717) is 6.42 Å². The largest absolute Gasteiger partial charge is 0.440 e. The molecule has 2 N–H and O–H groups in total. The van der Waals surface area contributed by atoms with Crippen LogP contribution in [0.1, 0.15) is 19.3 Å². The van der Waals surface area contributed by atoms with Crippen LogP contribution in [0.15, 0.2) is 0 Å². The first kappa shape index (κ1) is 13.1. The zero-order valence-electron chi connectivity index (χ0n) is 8.64. The summed E-state index contributed by atoms with van der Waals surface area (Å²) in [7, 11) is 0. The number of ether oxygens (including phenoxy) is 1. The second-order valence-corrected chi connectivity index (χ2v) is 4.02. The van der Waals surface area contributed by atoms with Gasteiger partial charge in [-0.2, -0.15) is 13.2 Å². The topological polar surface area (TPSA) is 58.6 Å². The standard InChI is InChI=1S/C9H14F3NO3/c10-9(11,12)6-16-7(15)13-5-8(1-2-8)3-4-14/h14H,1-6H2,(H,13,15). The summed E-state index contributed by atoms with van der Waals surface area (Å²) in [6, 6.07) is 0. The molecule has 0 aliphatic heterocycles. The number of aliphatic hydroxyl groups is 1. The molecule has 0 aromatic heterocycles. The molecule has 1 fully saturated rings. The average Bonchev–Trinajstić information content (AvgIpc) is 2.92. The summed E-state index contributed by atoms with van der Waals surface area (Å²) >= 11 is 0. The number of carbonyl (C=O) groups is 1. The van der Waals surface area contributed by atoms with E-state index in [1.807, 2.05) is 0 Å². The number of alkyl halides is 3. The molecule has 4 nitrogen and oxygen atoms in total. The van der Waals surface area contributed by atoms with Gasteiger partial charge in [0, 0.05) is 13.2 Å². The van der Waals surface area contributed by atoms with E-state index in [0.717, 1.165) is 12.8 Å². The summed E-state index contributed by atoms with van der Waals surface area (Å²) in [5.74, 6) is 0. The molecule has 1 amide bonds. The lowest BCUT2D eigenvalue weighted by atomic mass is 10.0. The highest BCUT2D eigenvalue weighted by Crippen LogP contribution is 2.47. The zero-order chi connectivity index (χ0) is 12.2. The quantitative estimate of drug-likeness (QED) is 0.765. The van der Waals surface area contributed by atoms with Gasteiger partial charge in [-0.25, -0.2) is 4.79 Å². The molecule has 1 aliphatic rings. The van der Waals surface area contributed by atoms with Gasteiger partial charge in [0.1, 0.15) is 0 Å². The third-order valence-electron chi connectivity index (χ3n) is 2.57. The van der Waals surface area contributed by atoms with E-state index < -0.39 is 18.9 Å². The zero-order valence-corrected chi connectivity index (χ0v) is 8.64. The lowest BCUT2D eigenvalue weighted by Crippen LogP contribution is -2.33. The van der Waals surface area contributed by atoms with Crippen molar-refractivity contribution < 1.29 is 27.8 Å². The molecule has 0 spiro atoms. The summed E-state index contributed by atoms with van der Waals surface area (Å²) in [6.45, 7) is -1.31. The van der Waals surface area contributed by atoms with Crippen LogP contribution in [-0.4, -0.2) is 37.1 Å². The van der Waals surface area contributed by atoms with Crippen molar-refractivity contribution in [3.05, 3.63) is 0 Å². The van der Waals surface area contributed by atoms with Crippen molar-refractivity contribution in [2.24, 2.45) is 5.41 Å². The van der Waals surface area contributed by atoms with Crippen LogP contribution in [0.5, 0.6) is 0 Å². The minimum atomic E-state index is -4.50. The van der Waals surface area contributed by atoms with Gasteiger partial charge in [-0.05, 0) is 24.7 Å². The Hall–Kier alpha value is -0.980. The number of amides is 1. The van der Waals surface area contributed by atoms with E-state index in [1.165, 1.54) is 0 Å². The Balaban J connectivity index is 2.16. The SMILES string of the molecule is O=C(NCC1(CCO)CC1)OCC(F)(F)F. The van der Waals surface area contributed by atoms with Crippen molar-refractivity contribution in [1.29, 1.82) is 0 Å². The third kappa shape index (κ3) is 4.69. The summed E-state index contributed by atoms with van der Waals surface area (Å²) in [5.41, 5.74) is -0.133. The summed E-state index contributed by atoms with van der Waals surface area (Å²) in [4.78, 5) is 10.9. The second kappa shape index (κ2) is 4.90. The first-order valence-electron chi connectivity index (χ1n) is 4.95. The maximum atomic E-state index is 11.7. The van der Waals surface area contributed by atoms with Crippen LogP contribution in [0.25, 0.3) is 0 Å². The number of halogens is 3. The third-order valence-corrected chi connectivity index (χ3v) is 2.57. The number of hydrogen-bond donors (Lipinski definition) is 2. The first-order chi connectivity index (χ1) is 7.37. The van der Waals surface area contributed by atoms with E-state index in [2.05, 4.69) is 10.1 Å². The predicted molar refractivity (Wildman–Crippen MR) is 48.8 cm³/mol. The molecule has 1 rings (SSSR count). The summed E-state index contributed by atoms with van der Waals surface area (Å²) in [6.07, 6.45) is -3.28. The van der Waals surface area contributed by atoms with Gasteiger partial charge >= 0.3 is 12.3 Å². The fourth-order valence-corrected chi connectivity index (χ4v) is 1.39. The molecule has 0 radical (unpaired) electrons. The van der Waals surface area contributed by atoms with Crippen molar-refractivity contribution in [3.8, 4) is 0 Å². The van der Waals surface area contributed by atoms with E-state index >= 15 is 0 Å². The molecule has 94 valence electrons. The normalized spacial score (nSPS) is 18.0. The molecule has 0 aromatic carbocycles. The van der Waals surface area contributed by atoms with Gasteiger partial charge in [0.2, 0.25) is 0 Å². The smallest absolute Gasteiger partial charge is 0.422 e. The maximum absolute atomic E-state index is 11.7. The van der Waals surface area contributed by atoms with Gasteiger partial charge < -0.3 is 15.2 Å². The van der Waals surface area contributed by atoms with E-state index in [-0.39, 0.29) is 18.6 Å². The van der Waals surface area contributed by atoms with Crippen molar-refractivity contribution in [2.45, 2.75) is 25.4 Å². The van der Waals surface area contributed by atoms with Crippen molar-refractivity contribution in [2.75, 3.05) is 19.8 Å². The molecule has 0 bridgehead atoms. The first-order valence-corrected chi connectivity index (χ1v) is 4.95. The Morgan fingerprint density at radius 2 is 2.06 bits per heavy atom. The van der Waals surface area contributed by atoms with Gasteiger partial charge in [-0.3, -0.25) is 0 Å². The van der Waals surface area contributed by atoms with Crippen LogP contribution in [-0.2, 0) is 4.74 Å². The summed E-state index contributed by atoms with van der Waals surface area (Å²) < 4.78 is 39.0. The number of aliphatic hydroxyl groups excluding tert-OH is 1. The molecule has 1 saturated carbocycles. The highest BCUT2D eigenvalue weighted by atomic mass is 19.4. The maximum Gasteiger partial charge on any atom is 0.422 e. The predicted octanol–water partition coefficient (Wildman–Crippen LogP) is 1.44. The Labute approximate surface area is 90.8 Å². The molecule has 0 aromatic rings. The minimum absolute atomic E-state index is 0.0132. The van der Waals surface area contributed by atoms with Crippen LogP contribution in [0.2, 0.25) is 0 Å². The molecule has 0 saturated heterocycles. The van der Waals surface area contributed by atoms with Crippen molar-refractivity contribution in [3.63, 3.8) is 0 Å². The Morgan fingerprint density at radius 1 is 1.44 bits per heavy atom. The fraction of sp³-hybridized carbons (Fsp3) is 0.889. The van der Waals surface area contributed by atoms with Gasteiger partial charge in [-0.15, -0.1) is 0 Å². The molecule has 16 heavy (non-hydrogen) atoms. The van der Waals surface area contributed by atoms with Crippen LogP contribution in [0.4, 0.5) is 18.0 Å². The van der Waals surface area contributed by atoms with Crippen LogP contribution in [0.3, 0.4) is 0 Å². The Morgan fingerprint density at radius 3 is 2.50 bits per heavy atom. The molecule has 7 heteroatoms. The Bertz CT molecular complexity index is 251. The number of carbonyl (C=O) groups excluding carboxylic acids is 1. The monoisotopic (exact) mass is 241 g/mol. The fourth-order valence-electron chi connectivity index (χ4n) is 1.39. The Kier molecular flexibility index (Phi) is 4.01. The minimum Gasteiger partial charge on any atom is -0.440 e. The average molecular weight is 241 g/mol. The summed E-state index contributed by atoms with van der Waals surface area (Å²) in [5, 5.41) is 11.0.